The molecule has 14 heteroatoms. The predicted octanol–water partition coefficient (Wildman–Crippen LogP) is 6.17. The molecule has 5 rings (SSSR count). The van der Waals surface area contributed by atoms with E-state index in [-0.39, 0.29) is 11.4 Å². The zero-order chi connectivity index (χ0) is 30.2. The van der Waals surface area contributed by atoms with Gasteiger partial charge in [0.1, 0.15) is 11.5 Å². The first-order chi connectivity index (χ1) is 20.2. The Kier molecular flexibility index (Phi) is 8.70. The normalized spacial score (nSPS) is 10.1. The number of nitro groups is 2. The third kappa shape index (κ3) is 6.65. The third-order valence-electron chi connectivity index (χ3n) is 5.58. The summed E-state index contributed by atoms with van der Waals surface area (Å²) in [6.07, 6.45) is 4.20. The van der Waals surface area contributed by atoms with E-state index in [4.69, 9.17) is 4.74 Å². The maximum absolute atomic E-state index is 13.6. The summed E-state index contributed by atoms with van der Waals surface area (Å²) in [6, 6.07) is 22.4. The molecule has 1 aromatic heterocycles. The topological polar surface area (TPSA) is 152 Å². The molecule has 0 aliphatic carbocycles. The van der Waals surface area contributed by atoms with Gasteiger partial charge in [-0.05, 0) is 60.7 Å². The number of aromatic nitrogens is 2. The summed E-state index contributed by atoms with van der Waals surface area (Å²) in [5.41, 5.74) is -1.05. The Morgan fingerprint density at radius 3 is 1.83 bits per heavy atom. The lowest BCUT2D eigenvalue weighted by Gasteiger charge is -2.07. The Morgan fingerprint density at radius 2 is 1.24 bits per heavy atom. The van der Waals surface area contributed by atoms with E-state index in [1.807, 2.05) is 30.3 Å². The monoisotopic (exact) mass is 573 g/mol. The van der Waals surface area contributed by atoms with Crippen LogP contribution in [0.25, 0.3) is 11.4 Å². The summed E-state index contributed by atoms with van der Waals surface area (Å²) in [5, 5.41) is 21.1. The number of benzene rings is 4. The molecule has 0 bridgehead atoms. The van der Waals surface area contributed by atoms with E-state index >= 15 is 0 Å². The number of nitro benzene ring substituents is 2. The lowest BCUT2D eigenvalue weighted by Crippen LogP contribution is -2.21. The minimum Gasteiger partial charge on any atom is -0.457 e. The van der Waals surface area contributed by atoms with Gasteiger partial charge in [-0.3, -0.25) is 29.4 Å². The molecule has 5 aromatic rings. The molecule has 210 valence electrons. The average molecular weight is 573 g/mol. The smallest absolute Gasteiger partial charge is 0.337 e. The lowest BCUT2D eigenvalue weighted by atomic mass is 10.2. The number of hydrogen-bond acceptors (Lipinski definition) is 8. The van der Waals surface area contributed by atoms with Gasteiger partial charge in [-0.2, -0.15) is 13.8 Å². The molecule has 4 aromatic carbocycles. The number of hydrogen-bond donors (Lipinski definition) is 0. The molecule has 1 heterocycles. The van der Waals surface area contributed by atoms with Crippen LogP contribution in [0.15, 0.2) is 113 Å². The predicted molar refractivity (Wildman–Crippen MR) is 145 cm³/mol. The zero-order valence-electron chi connectivity index (χ0n) is 21.2. The van der Waals surface area contributed by atoms with Crippen LogP contribution in [0.5, 0.6) is 11.5 Å². The van der Waals surface area contributed by atoms with Crippen LogP contribution in [0.1, 0.15) is 0 Å². The van der Waals surface area contributed by atoms with Crippen molar-refractivity contribution in [3.8, 4) is 22.9 Å². The second kappa shape index (κ2) is 12.7. The van der Waals surface area contributed by atoms with Crippen molar-refractivity contribution < 1.29 is 28.2 Å². The van der Waals surface area contributed by atoms with Crippen LogP contribution in [0.2, 0.25) is 0 Å². The number of isocyanates is 1. The minimum absolute atomic E-state index is 0.00287. The van der Waals surface area contributed by atoms with Crippen LogP contribution < -0.4 is 10.4 Å². The fourth-order valence-electron chi connectivity index (χ4n) is 3.62. The molecule has 42 heavy (non-hydrogen) atoms. The first kappa shape index (κ1) is 28.7. The van der Waals surface area contributed by atoms with Gasteiger partial charge >= 0.3 is 17.1 Å². The van der Waals surface area contributed by atoms with Gasteiger partial charge in [0.25, 0.3) is 0 Å². The fraction of sp³-hybridized carbons (Fsp3) is 0. The fourth-order valence-corrected chi connectivity index (χ4v) is 3.62. The van der Waals surface area contributed by atoms with E-state index in [9.17, 15) is 38.6 Å². The molecule has 0 fully saturated rings. The number of rotatable bonds is 7. The van der Waals surface area contributed by atoms with Gasteiger partial charge < -0.3 is 4.74 Å². The van der Waals surface area contributed by atoms with E-state index in [2.05, 4.69) is 4.99 Å². The molecule has 0 aliphatic heterocycles. The number of ether oxygens (including phenoxy) is 1. The molecule has 0 atom stereocenters. The van der Waals surface area contributed by atoms with Gasteiger partial charge in [0, 0.05) is 24.5 Å². The average Bonchev–Trinajstić information content (AvgIpc) is 3.36. The van der Waals surface area contributed by atoms with Crippen molar-refractivity contribution in [3.05, 3.63) is 146 Å². The van der Waals surface area contributed by atoms with Crippen molar-refractivity contribution in [2.75, 3.05) is 0 Å². The van der Waals surface area contributed by atoms with Crippen molar-refractivity contribution >= 4 is 23.1 Å². The van der Waals surface area contributed by atoms with Gasteiger partial charge in [-0.15, -0.1) is 0 Å². The number of imidazole rings is 1. The quantitative estimate of drug-likeness (QED) is 0.0977. The Labute approximate surface area is 234 Å². The number of para-hydroxylation sites is 1. The highest BCUT2D eigenvalue weighted by atomic mass is 19.1. The minimum atomic E-state index is -0.963. The van der Waals surface area contributed by atoms with Crippen molar-refractivity contribution in [2.45, 2.75) is 0 Å². The molecule has 0 saturated heterocycles. The van der Waals surface area contributed by atoms with Gasteiger partial charge in [0.15, 0.2) is 0 Å². The Morgan fingerprint density at radius 1 is 0.714 bits per heavy atom. The second-order valence-electron chi connectivity index (χ2n) is 8.22. The Balaban J connectivity index is 0.000000262. The number of carbonyl (C=O) groups excluding carboxylic acids is 1. The highest BCUT2D eigenvalue weighted by Gasteiger charge is 2.17. The van der Waals surface area contributed by atoms with Crippen LogP contribution in [-0.2, 0) is 4.79 Å². The first-order valence-corrected chi connectivity index (χ1v) is 11.8. The summed E-state index contributed by atoms with van der Waals surface area (Å²) in [7, 11) is 0. The van der Waals surface area contributed by atoms with Gasteiger partial charge in [0.2, 0.25) is 17.7 Å². The van der Waals surface area contributed by atoms with E-state index in [1.54, 1.807) is 24.3 Å². The van der Waals surface area contributed by atoms with Crippen LogP contribution in [0.3, 0.4) is 0 Å². The summed E-state index contributed by atoms with van der Waals surface area (Å²) in [4.78, 5) is 45.1. The summed E-state index contributed by atoms with van der Waals surface area (Å²) >= 11 is 0. The summed E-state index contributed by atoms with van der Waals surface area (Å²) in [5.74, 6) is -0.613. The third-order valence-corrected chi connectivity index (χ3v) is 5.58. The molecule has 0 amide bonds. The molecule has 12 nitrogen and oxygen atoms in total. The van der Waals surface area contributed by atoms with E-state index in [0.717, 1.165) is 30.3 Å². The summed E-state index contributed by atoms with van der Waals surface area (Å²) < 4.78 is 34.5. The molecule has 0 unspecified atom stereocenters. The maximum atomic E-state index is 13.6. The summed E-state index contributed by atoms with van der Waals surface area (Å²) in [6.45, 7) is 0. The largest absolute Gasteiger partial charge is 0.457 e. The molecule has 0 saturated carbocycles. The highest BCUT2D eigenvalue weighted by Crippen LogP contribution is 2.24. The SMILES string of the molecule is O=C=Nc1ccc(F)c([N+](=O)[O-])c1.O=c1n(-c2ccc(Oc3ccccc3)cc2)ccn1-c1ccc(F)c([N+](=O)[O-])c1. The molecular formula is C28H17F2N5O7. The van der Waals surface area contributed by atoms with Gasteiger partial charge in [-0.1, -0.05) is 18.2 Å². The Bertz CT molecular complexity index is 1870. The highest BCUT2D eigenvalue weighted by molar-refractivity contribution is 5.53. The van der Waals surface area contributed by atoms with Crippen molar-refractivity contribution in [1.82, 2.24) is 9.13 Å². The molecule has 0 spiro atoms. The van der Waals surface area contributed by atoms with Crippen molar-refractivity contribution in [1.29, 1.82) is 0 Å². The molecule has 0 N–H and O–H groups in total. The molecule has 0 radical (unpaired) electrons. The molecule has 0 aliphatic rings. The van der Waals surface area contributed by atoms with E-state index < -0.39 is 38.5 Å². The Hall–Kier alpha value is -6.27. The molecular weight excluding hydrogens is 556 g/mol. The van der Waals surface area contributed by atoms with Crippen LogP contribution in [0, 0.1) is 31.9 Å². The van der Waals surface area contributed by atoms with Crippen LogP contribution >= 0.6 is 0 Å². The lowest BCUT2D eigenvalue weighted by molar-refractivity contribution is -0.387. The first-order valence-electron chi connectivity index (χ1n) is 11.8. The van der Waals surface area contributed by atoms with Crippen LogP contribution in [0.4, 0.5) is 25.8 Å². The maximum Gasteiger partial charge on any atom is 0.337 e. The zero-order valence-corrected chi connectivity index (χ0v) is 21.2. The number of nitrogens with zero attached hydrogens (tertiary/aromatic N) is 5. The van der Waals surface area contributed by atoms with Gasteiger partial charge in [-0.25, -0.2) is 9.59 Å². The van der Waals surface area contributed by atoms with E-state index in [0.29, 0.717) is 17.2 Å². The number of halogens is 2. The standard InChI is InChI=1S/C21H14FN3O4.C7H3FN2O3/c22-19-11-8-16(14-20(19)25(27)28)24-13-12-23(21(24)26)15-6-9-18(10-7-15)29-17-4-2-1-3-5-17;8-6-2-1-5(9-4-11)3-7(6)10(12)13/h1-14H;1-3H. The van der Waals surface area contributed by atoms with Gasteiger partial charge in [0.05, 0.1) is 26.9 Å². The van der Waals surface area contributed by atoms with Crippen LogP contribution in [-0.4, -0.2) is 25.1 Å². The number of aliphatic imine (C=N–C) groups is 1. The van der Waals surface area contributed by atoms with Crippen molar-refractivity contribution in [2.24, 2.45) is 4.99 Å². The van der Waals surface area contributed by atoms with Crippen molar-refractivity contribution in [3.63, 3.8) is 0 Å². The van der Waals surface area contributed by atoms with E-state index in [1.165, 1.54) is 33.7 Å². The second-order valence-corrected chi connectivity index (χ2v) is 8.22.